The standard InChI is InChI=1S/C18H24N2/c1-13-9-8-12-16(14(13)2)18(20,17(3,4)19)15-10-6-5-7-11-15/h5-12H,19-20H2,1-4H3. The summed E-state index contributed by atoms with van der Waals surface area (Å²) in [6, 6.07) is 16.4. The molecule has 0 fully saturated rings. The molecule has 1 unspecified atom stereocenters. The Hall–Kier alpha value is -1.64. The molecular formula is C18H24N2. The van der Waals surface area contributed by atoms with E-state index in [0.717, 1.165) is 11.1 Å². The highest BCUT2D eigenvalue weighted by atomic mass is 14.9. The van der Waals surface area contributed by atoms with Crippen LogP contribution in [0.3, 0.4) is 0 Å². The van der Waals surface area contributed by atoms with Crippen LogP contribution in [0.15, 0.2) is 48.5 Å². The Kier molecular flexibility index (Phi) is 3.72. The maximum Gasteiger partial charge on any atom is 0.0845 e. The van der Waals surface area contributed by atoms with E-state index >= 15 is 0 Å². The van der Waals surface area contributed by atoms with Gasteiger partial charge in [0.2, 0.25) is 0 Å². The Bertz CT molecular complexity index is 597. The van der Waals surface area contributed by atoms with E-state index in [2.05, 4.69) is 38.1 Å². The third-order valence-corrected chi connectivity index (χ3v) is 4.27. The molecule has 1 atom stereocenters. The fourth-order valence-electron chi connectivity index (χ4n) is 2.75. The average Bonchev–Trinajstić information content (AvgIpc) is 2.41. The molecule has 2 rings (SSSR count). The minimum Gasteiger partial charge on any atom is -0.323 e. The Labute approximate surface area is 121 Å². The first kappa shape index (κ1) is 14.8. The van der Waals surface area contributed by atoms with Crippen molar-refractivity contribution in [2.75, 3.05) is 0 Å². The van der Waals surface area contributed by atoms with Crippen molar-refractivity contribution >= 4 is 0 Å². The van der Waals surface area contributed by atoms with E-state index in [1.54, 1.807) is 0 Å². The number of aryl methyl sites for hydroxylation is 1. The van der Waals surface area contributed by atoms with Crippen LogP contribution in [0.5, 0.6) is 0 Å². The SMILES string of the molecule is Cc1cccc(C(N)(c2ccccc2)C(C)(C)N)c1C. The fourth-order valence-corrected chi connectivity index (χ4v) is 2.75. The van der Waals surface area contributed by atoms with E-state index in [4.69, 9.17) is 11.5 Å². The molecule has 0 bridgehead atoms. The lowest BCUT2D eigenvalue weighted by atomic mass is 9.69. The molecule has 0 spiro atoms. The number of nitrogens with two attached hydrogens (primary N) is 2. The van der Waals surface area contributed by atoms with Crippen LogP contribution in [0.2, 0.25) is 0 Å². The Morgan fingerprint density at radius 1 is 0.800 bits per heavy atom. The van der Waals surface area contributed by atoms with Crippen LogP contribution in [0.1, 0.15) is 36.1 Å². The molecule has 0 aromatic heterocycles. The molecule has 2 nitrogen and oxygen atoms in total. The van der Waals surface area contributed by atoms with Crippen LogP contribution >= 0.6 is 0 Å². The van der Waals surface area contributed by atoms with Gasteiger partial charge in [-0.05, 0) is 49.9 Å². The molecule has 106 valence electrons. The highest BCUT2D eigenvalue weighted by Crippen LogP contribution is 2.37. The molecule has 0 aliphatic rings. The summed E-state index contributed by atoms with van der Waals surface area (Å²) >= 11 is 0. The topological polar surface area (TPSA) is 52.0 Å². The number of hydrogen-bond donors (Lipinski definition) is 2. The van der Waals surface area contributed by atoms with Crippen LogP contribution in [0.25, 0.3) is 0 Å². The van der Waals surface area contributed by atoms with Gasteiger partial charge in [0.25, 0.3) is 0 Å². The van der Waals surface area contributed by atoms with E-state index in [9.17, 15) is 0 Å². The van der Waals surface area contributed by atoms with Gasteiger partial charge in [-0.2, -0.15) is 0 Å². The third-order valence-electron chi connectivity index (χ3n) is 4.27. The molecule has 2 heteroatoms. The summed E-state index contributed by atoms with van der Waals surface area (Å²) in [6.07, 6.45) is 0. The van der Waals surface area contributed by atoms with Gasteiger partial charge in [0, 0.05) is 5.54 Å². The molecule has 0 saturated heterocycles. The van der Waals surface area contributed by atoms with Crippen molar-refractivity contribution < 1.29 is 0 Å². The monoisotopic (exact) mass is 268 g/mol. The Morgan fingerprint density at radius 3 is 1.95 bits per heavy atom. The van der Waals surface area contributed by atoms with Crippen molar-refractivity contribution in [3.63, 3.8) is 0 Å². The molecule has 0 saturated carbocycles. The third kappa shape index (κ3) is 2.26. The molecule has 2 aromatic carbocycles. The minimum absolute atomic E-state index is 0.576. The zero-order valence-electron chi connectivity index (χ0n) is 12.8. The maximum atomic E-state index is 6.86. The van der Waals surface area contributed by atoms with Crippen LogP contribution in [0, 0.1) is 13.8 Å². The van der Waals surface area contributed by atoms with E-state index in [1.807, 2.05) is 38.1 Å². The van der Waals surface area contributed by atoms with Crippen molar-refractivity contribution in [1.82, 2.24) is 0 Å². The summed E-state index contributed by atoms with van der Waals surface area (Å²) in [6.45, 7) is 8.19. The van der Waals surface area contributed by atoms with Crippen molar-refractivity contribution in [3.05, 3.63) is 70.8 Å². The van der Waals surface area contributed by atoms with Crippen molar-refractivity contribution in [3.8, 4) is 0 Å². The van der Waals surface area contributed by atoms with Gasteiger partial charge in [0.05, 0.1) is 5.54 Å². The van der Waals surface area contributed by atoms with Crippen LogP contribution in [0.4, 0.5) is 0 Å². The minimum atomic E-state index is -0.718. The molecule has 4 N–H and O–H groups in total. The Morgan fingerprint density at radius 2 is 1.40 bits per heavy atom. The number of rotatable bonds is 3. The van der Waals surface area contributed by atoms with Gasteiger partial charge in [-0.25, -0.2) is 0 Å². The molecule has 0 aliphatic heterocycles. The predicted molar refractivity (Wildman–Crippen MR) is 85.6 cm³/mol. The molecular weight excluding hydrogens is 244 g/mol. The second-order valence-corrected chi connectivity index (χ2v) is 6.14. The average molecular weight is 268 g/mol. The van der Waals surface area contributed by atoms with Gasteiger partial charge in [-0.15, -0.1) is 0 Å². The lowest BCUT2D eigenvalue weighted by Crippen LogP contribution is -2.60. The summed E-state index contributed by atoms with van der Waals surface area (Å²) in [7, 11) is 0. The Balaban J connectivity index is 2.75. The predicted octanol–water partition coefficient (Wildman–Crippen LogP) is 3.24. The first-order chi connectivity index (χ1) is 9.28. The highest BCUT2D eigenvalue weighted by molar-refractivity contribution is 5.47. The zero-order valence-corrected chi connectivity index (χ0v) is 12.8. The summed E-state index contributed by atoms with van der Waals surface area (Å²) in [5.74, 6) is 0. The van der Waals surface area contributed by atoms with Crippen molar-refractivity contribution in [2.45, 2.75) is 38.8 Å². The van der Waals surface area contributed by atoms with E-state index in [-0.39, 0.29) is 0 Å². The number of benzene rings is 2. The summed E-state index contributed by atoms with van der Waals surface area (Å²) in [4.78, 5) is 0. The summed E-state index contributed by atoms with van der Waals surface area (Å²) in [5.41, 5.74) is 16.6. The molecule has 0 heterocycles. The molecule has 0 aliphatic carbocycles. The largest absolute Gasteiger partial charge is 0.323 e. The van der Waals surface area contributed by atoms with Gasteiger partial charge >= 0.3 is 0 Å². The quantitative estimate of drug-likeness (QED) is 0.898. The first-order valence-corrected chi connectivity index (χ1v) is 6.98. The smallest absolute Gasteiger partial charge is 0.0845 e. The lowest BCUT2D eigenvalue weighted by Gasteiger charge is -2.43. The first-order valence-electron chi connectivity index (χ1n) is 6.98. The molecule has 20 heavy (non-hydrogen) atoms. The van der Waals surface area contributed by atoms with Gasteiger partial charge < -0.3 is 11.5 Å². The van der Waals surface area contributed by atoms with Gasteiger partial charge in [0.1, 0.15) is 0 Å². The van der Waals surface area contributed by atoms with Crippen molar-refractivity contribution in [2.24, 2.45) is 11.5 Å². The molecule has 0 radical (unpaired) electrons. The maximum absolute atomic E-state index is 6.86. The van der Waals surface area contributed by atoms with Gasteiger partial charge in [-0.1, -0.05) is 48.5 Å². The van der Waals surface area contributed by atoms with E-state index < -0.39 is 11.1 Å². The van der Waals surface area contributed by atoms with Gasteiger partial charge in [0.15, 0.2) is 0 Å². The summed E-state index contributed by atoms with van der Waals surface area (Å²) < 4.78 is 0. The normalized spacial score (nSPS) is 14.9. The van der Waals surface area contributed by atoms with Crippen LogP contribution in [-0.4, -0.2) is 5.54 Å². The highest BCUT2D eigenvalue weighted by Gasteiger charge is 2.43. The van der Waals surface area contributed by atoms with Crippen LogP contribution in [-0.2, 0) is 5.54 Å². The second kappa shape index (κ2) is 5.04. The van der Waals surface area contributed by atoms with Crippen LogP contribution < -0.4 is 11.5 Å². The van der Waals surface area contributed by atoms with Gasteiger partial charge in [-0.3, -0.25) is 0 Å². The summed E-state index contributed by atoms with van der Waals surface area (Å²) in [5, 5.41) is 0. The molecule has 0 amide bonds. The van der Waals surface area contributed by atoms with E-state index in [0.29, 0.717) is 0 Å². The van der Waals surface area contributed by atoms with Crippen molar-refractivity contribution in [1.29, 1.82) is 0 Å². The lowest BCUT2D eigenvalue weighted by molar-refractivity contribution is 0.315. The zero-order chi connectivity index (χ0) is 15.0. The fraction of sp³-hybridized carbons (Fsp3) is 0.333. The molecule has 2 aromatic rings. The number of hydrogen-bond acceptors (Lipinski definition) is 2. The second-order valence-electron chi connectivity index (χ2n) is 6.14. The van der Waals surface area contributed by atoms with E-state index in [1.165, 1.54) is 11.1 Å².